The van der Waals surface area contributed by atoms with Gasteiger partial charge in [0.25, 0.3) is 0 Å². The molecule has 0 bridgehead atoms. The van der Waals surface area contributed by atoms with Crippen molar-refractivity contribution < 1.29 is 9.57 Å². The van der Waals surface area contributed by atoms with Gasteiger partial charge in [0.1, 0.15) is 5.75 Å². The highest BCUT2D eigenvalue weighted by Crippen LogP contribution is 2.26. The van der Waals surface area contributed by atoms with Crippen molar-refractivity contribution in [3.8, 4) is 5.75 Å². The van der Waals surface area contributed by atoms with Crippen LogP contribution in [0.25, 0.3) is 0 Å². The van der Waals surface area contributed by atoms with E-state index in [9.17, 15) is 0 Å². The van der Waals surface area contributed by atoms with Crippen molar-refractivity contribution in [2.75, 3.05) is 13.7 Å². The smallest absolute Gasteiger partial charge is 0.123 e. The fraction of sp³-hybridized carbons (Fsp3) is 0.400. The van der Waals surface area contributed by atoms with Gasteiger partial charge in [0.15, 0.2) is 0 Å². The van der Waals surface area contributed by atoms with E-state index >= 15 is 0 Å². The minimum Gasteiger partial charge on any atom is -0.496 e. The maximum absolute atomic E-state index is 5.93. The fourth-order valence-corrected chi connectivity index (χ4v) is 1.58. The molecule has 0 aliphatic heterocycles. The highest BCUT2D eigenvalue weighted by atomic mass is 35.5. The fourth-order valence-electron chi connectivity index (χ4n) is 1.35. The SMILES string of the molecule is COc1cc(Cl)cc(CCON)c1C. The first kappa shape index (κ1) is 11.3. The van der Waals surface area contributed by atoms with E-state index in [0.717, 1.165) is 23.3 Å². The summed E-state index contributed by atoms with van der Waals surface area (Å²) < 4.78 is 5.19. The number of rotatable bonds is 4. The van der Waals surface area contributed by atoms with Gasteiger partial charge in [-0.2, -0.15) is 0 Å². The standard InChI is InChI=1S/C10H14ClNO2/c1-7-8(3-4-14-12)5-9(11)6-10(7)13-2/h5-6H,3-4,12H2,1-2H3. The van der Waals surface area contributed by atoms with Gasteiger partial charge in [-0.25, -0.2) is 5.90 Å². The number of methoxy groups -OCH3 is 1. The molecule has 78 valence electrons. The molecular formula is C10H14ClNO2. The van der Waals surface area contributed by atoms with Crippen LogP contribution < -0.4 is 10.6 Å². The molecule has 0 atom stereocenters. The molecule has 0 aliphatic rings. The lowest BCUT2D eigenvalue weighted by atomic mass is 10.1. The van der Waals surface area contributed by atoms with Crippen molar-refractivity contribution in [3.05, 3.63) is 28.3 Å². The summed E-state index contributed by atoms with van der Waals surface area (Å²) >= 11 is 5.93. The van der Waals surface area contributed by atoms with Crippen LogP contribution >= 0.6 is 11.6 Å². The number of hydrogen-bond acceptors (Lipinski definition) is 3. The maximum atomic E-state index is 5.93. The number of nitrogens with two attached hydrogens (primary N) is 1. The Morgan fingerprint density at radius 2 is 2.14 bits per heavy atom. The van der Waals surface area contributed by atoms with Crippen LogP contribution in [-0.4, -0.2) is 13.7 Å². The molecule has 0 spiro atoms. The third-order valence-electron chi connectivity index (χ3n) is 2.14. The number of ether oxygens (including phenoxy) is 1. The van der Waals surface area contributed by atoms with Gasteiger partial charge in [-0.3, -0.25) is 0 Å². The highest BCUT2D eigenvalue weighted by molar-refractivity contribution is 6.30. The summed E-state index contributed by atoms with van der Waals surface area (Å²) in [5, 5.41) is 0.666. The Hall–Kier alpha value is -0.770. The molecule has 0 fully saturated rings. The third kappa shape index (κ3) is 2.61. The molecule has 0 aromatic heterocycles. The Bertz CT molecular complexity index is 315. The lowest BCUT2D eigenvalue weighted by Crippen LogP contribution is -2.05. The Morgan fingerprint density at radius 3 is 2.71 bits per heavy atom. The lowest BCUT2D eigenvalue weighted by Gasteiger charge is -2.10. The first-order valence-corrected chi connectivity index (χ1v) is 4.71. The van der Waals surface area contributed by atoms with Crippen LogP contribution in [-0.2, 0) is 11.3 Å². The molecule has 3 nitrogen and oxygen atoms in total. The second-order valence-electron chi connectivity index (χ2n) is 3.01. The van der Waals surface area contributed by atoms with E-state index in [-0.39, 0.29) is 0 Å². The quantitative estimate of drug-likeness (QED) is 0.783. The molecule has 1 aromatic rings. The van der Waals surface area contributed by atoms with Gasteiger partial charge in [-0.1, -0.05) is 11.6 Å². The monoisotopic (exact) mass is 215 g/mol. The highest BCUT2D eigenvalue weighted by Gasteiger charge is 2.06. The van der Waals surface area contributed by atoms with E-state index in [1.54, 1.807) is 13.2 Å². The molecule has 0 saturated heterocycles. The van der Waals surface area contributed by atoms with E-state index in [2.05, 4.69) is 4.84 Å². The Labute approximate surface area is 88.7 Å². The predicted octanol–water partition coefficient (Wildman–Crippen LogP) is 2.09. The topological polar surface area (TPSA) is 44.5 Å². The van der Waals surface area contributed by atoms with Gasteiger partial charge in [-0.05, 0) is 36.6 Å². The summed E-state index contributed by atoms with van der Waals surface area (Å²) in [6.45, 7) is 2.46. The summed E-state index contributed by atoms with van der Waals surface area (Å²) in [5.41, 5.74) is 2.17. The molecule has 1 aromatic carbocycles. The molecule has 0 unspecified atom stereocenters. The molecule has 0 radical (unpaired) electrons. The van der Waals surface area contributed by atoms with Crippen LogP contribution in [0, 0.1) is 6.92 Å². The molecule has 0 amide bonds. The summed E-state index contributed by atoms with van der Waals surface area (Å²) in [7, 11) is 1.63. The molecule has 2 N–H and O–H groups in total. The second kappa shape index (κ2) is 5.20. The summed E-state index contributed by atoms with van der Waals surface area (Å²) in [5.74, 6) is 5.77. The van der Waals surface area contributed by atoms with E-state index < -0.39 is 0 Å². The van der Waals surface area contributed by atoms with Gasteiger partial charge in [0, 0.05) is 5.02 Å². The van der Waals surface area contributed by atoms with E-state index in [0.29, 0.717) is 11.6 Å². The number of hydrogen-bond donors (Lipinski definition) is 1. The molecule has 0 heterocycles. The van der Waals surface area contributed by atoms with Crippen LogP contribution in [0.2, 0.25) is 5.02 Å². The van der Waals surface area contributed by atoms with E-state index in [1.807, 2.05) is 13.0 Å². The average molecular weight is 216 g/mol. The van der Waals surface area contributed by atoms with Crippen molar-refractivity contribution in [1.29, 1.82) is 0 Å². The Morgan fingerprint density at radius 1 is 1.43 bits per heavy atom. The van der Waals surface area contributed by atoms with Gasteiger partial charge in [0.05, 0.1) is 13.7 Å². The normalized spacial score (nSPS) is 10.3. The van der Waals surface area contributed by atoms with Crippen LogP contribution in [0.1, 0.15) is 11.1 Å². The zero-order chi connectivity index (χ0) is 10.6. The average Bonchev–Trinajstić information content (AvgIpc) is 2.18. The van der Waals surface area contributed by atoms with Crippen molar-refractivity contribution in [2.45, 2.75) is 13.3 Å². The Balaban J connectivity index is 2.96. The minimum atomic E-state index is 0.477. The third-order valence-corrected chi connectivity index (χ3v) is 2.36. The van der Waals surface area contributed by atoms with Crippen molar-refractivity contribution in [1.82, 2.24) is 0 Å². The van der Waals surface area contributed by atoms with Gasteiger partial charge in [-0.15, -0.1) is 0 Å². The van der Waals surface area contributed by atoms with E-state index in [4.69, 9.17) is 22.2 Å². The first-order valence-electron chi connectivity index (χ1n) is 4.33. The van der Waals surface area contributed by atoms with Crippen molar-refractivity contribution in [3.63, 3.8) is 0 Å². The first-order chi connectivity index (χ1) is 6.69. The van der Waals surface area contributed by atoms with Crippen LogP contribution in [0.4, 0.5) is 0 Å². The van der Waals surface area contributed by atoms with E-state index in [1.165, 1.54) is 0 Å². The van der Waals surface area contributed by atoms with Gasteiger partial charge in [0.2, 0.25) is 0 Å². The molecule has 14 heavy (non-hydrogen) atoms. The lowest BCUT2D eigenvalue weighted by molar-refractivity contribution is 0.141. The maximum Gasteiger partial charge on any atom is 0.123 e. The Kier molecular flexibility index (Phi) is 4.20. The predicted molar refractivity (Wildman–Crippen MR) is 56.6 cm³/mol. The summed E-state index contributed by atoms with van der Waals surface area (Å²) in [4.78, 5) is 4.53. The number of halogens is 1. The molecule has 1 rings (SSSR count). The molecule has 0 aliphatic carbocycles. The van der Waals surface area contributed by atoms with Crippen molar-refractivity contribution in [2.24, 2.45) is 5.90 Å². The van der Waals surface area contributed by atoms with Gasteiger partial charge >= 0.3 is 0 Å². The molecule has 4 heteroatoms. The minimum absolute atomic E-state index is 0.477. The largest absolute Gasteiger partial charge is 0.496 e. The molecular weight excluding hydrogens is 202 g/mol. The van der Waals surface area contributed by atoms with Crippen LogP contribution in [0.5, 0.6) is 5.75 Å². The number of benzene rings is 1. The van der Waals surface area contributed by atoms with Crippen molar-refractivity contribution >= 4 is 11.6 Å². The second-order valence-corrected chi connectivity index (χ2v) is 3.45. The summed E-state index contributed by atoms with van der Waals surface area (Å²) in [6, 6.07) is 3.70. The zero-order valence-corrected chi connectivity index (χ0v) is 9.10. The zero-order valence-electron chi connectivity index (χ0n) is 8.34. The summed E-state index contributed by atoms with van der Waals surface area (Å²) in [6.07, 6.45) is 0.735. The van der Waals surface area contributed by atoms with Crippen LogP contribution in [0.15, 0.2) is 12.1 Å². The van der Waals surface area contributed by atoms with Gasteiger partial charge < -0.3 is 9.57 Å². The van der Waals surface area contributed by atoms with Crippen LogP contribution in [0.3, 0.4) is 0 Å². The molecule has 0 saturated carbocycles.